The van der Waals surface area contributed by atoms with Crippen LogP contribution in [0.25, 0.3) is 10.9 Å². The third-order valence-electron chi connectivity index (χ3n) is 3.50. The first-order valence-electron chi connectivity index (χ1n) is 7.90. The number of hydrogen-bond acceptors (Lipinski definition) is 4. The van der Waals surface area contributed by atoms with Crippen molar-refractivity contribution in [3.63, 3.8) is 0 Å². The van der Waals surface area contributed by atoms with E-state index in [4.69, 9.17) is 9.47 Å². The van der Waals surface area contributed by atoms with E-state index in [-0.39, 0.29) is 12.4 Å². The summed E-state index contributed by atoms with van der Waals surface area (Å²) in [6, 6.07) is 7.48. The number of ether oxygens (including phenoxy) is 2. The van der Waals surface area contributed by atoms with Gasteiger partial charge in [0.25, 0.3) is 0 Å². The summed E-state index contributed by atoms with van der Waals surface area (Å²) in [4.78, 5) is 26.9. The maximum absolute atomic E-state index is 12.0. The van der Waals surface area contributed by atoms with Gasteiger partial charge in [0, 0.05) is 23.1 Å². The Morgan fingerprint density at radius 1 is 1.25 bits per heavy atom. The second-order valence-corrected chi connectivity index (χ2v) is 6.69. The van der Waals surface area contributed by atoms with Crippen molar-refractivity contribution in [3.05, 3.63) is 36.0 Å². The van der Waals surface area contributed by atoms with E-state index in [1.807, 2.05) is 30.5 Å². The van der Waals surface area contributed by atoms with Gasteiger partial charge in [-0.1, -0.05) is 18.2 Å². The molecule has 2 aromatic rings. The van der Waals surface area contributed by atoms with Crippen molar-refractivity contribution >= 4 is 23.0 Å². The lowest BCUT2D eigenvalue weighted by molar-refractivity contribution is -0.141. The molecular formula is C18H24N2O4. The Labute approximate surface area is 141 Å². The highest BCUT2D eigenvalue weighted by atomic mass is 16.6. The van der Waals surface area contributed by atoms with Gasteiger partial charge in [0.2, 0.25) is 0 Å². The van der Waals surface area contributed by atoms with Crippen LogP contribution < -0.4 is 5.32 Å². The lowest BCUT2D eigenvalue weighted by atomic mass is 10.0. The van der Waals surface area contributed by atoms with E-state index < -0.39 is 17.7 Å². The number of amides is 1. The Bertz CT molecular complexity index is 715. The van der Waals surface area contributed by atoms with Gasteiger partial charge < -0.3 is 19.8 Å². The maximum Gasteiger partial charge on any atom is 0.407 e. The summed E-state index contributed by atoms with van der Waals surface area (Å²) in [6.07, 6.45) is 1.93. The molecule has 0 saturated carbocycles. The maximum atomic E-state index is 12.0. The van der Waals surface area contributed by atoms with Crippen LogP contribution in [0.4, 0.5) is 4.79 Å². The lowest BCUT2D eigenvalue weighted by Gasteiger charge is -2.23. The van der Waals surface area contributed by atoms with Crippen LogP contribution >= 0.6 is 0 Å². The number of methoxy groups -OCH3 is 1. The minimum atomic E-state index is -0.597. The topological polar surface area (TPSA) is 80.4 Å². The fourth-order valence-corrected chi connectivity index (χ4v) is 2.50. The zero-order chi connectivity index (χ0) is 17.7. The number of aromatic nitrogens is 1. The highest BCUT2D eigenvalue weighted by molar-refractivity contribution is 5.83. The first kappa shape index (κ1) is 17.8. The van der Waals surface area contributed by atoms with Gasteiger partial charge in [0.1, 0.15) is 5.60 Å². The molecule has 2 rings (SSSR count). The molecule has 0 aliphatic heterocycles. The summed E-state index contributed by atoms with van der Waals surface area (Å²) in [7, 11) is 1.33. The molecule has 1 aromatic heterocycles. The number of aromatic amines is 1. The number of alkyl carbamates (subject to hydrolysis) is 1. The molecule has 130 valence electrons. The van der Waals surface area contributed by atoms with Crippen LogP contribution in [0.1, 0.15) is 32.8 Å². The van der Waals surface area contributed by atoms with Crippen molar-refractivity contribution in [2.45, 2.75) is 45.3 Å². The summed E-state index contributed by atoms with van der Waals surface area (Å²) in [5.41, 5.74) is 1.44. The van der Waals surface area contributed by atoms with Gasteiger partial charge in [-0.05, 0) is 38.8 Å². The quantitative estimate of drug-likeness (QED) is 0.824. The Morgan fingerprint density at radius 3 is 2.62 bits per heavy atom. The van der Waals surface area contributed by atoms with E-state index in [1.165, 1.54) is 7.11 Å². The van der Waals surface area contributed by atoms with E-state index in [9.17, 15) is 9.59 Å². The Hall–Kier alpha value is -2.50. The van der Waals surface area contributed by atoms with Crippen molar-refractivity contribution < 1.29 is 19.1 Å². The molecular weight excluding hydrogens is 308 g/mol. The monoisotopic (exact) mass is 332 g/mol. The molecule has 0 spiro atoms. The second kappa shape index (κ2) is 7.38. The molecule has 0 aliphatic rings. The molecule has 0 fully saturated rings. The number of nitrogens with one attached hydrogen (secondary N) is 2. The first-order chi connectivity index (χ1) is 11.3. The van der Waals surface area contributed by atoms with Gasteiger partial charge in [-0.3, -0.25) is 4.79 Å². The van der Waals surface area contributed by atoms with E-state index in [2.05, 4.69) is 10.3 Å². The van der Waals surface area contributed by atoms with Crippen LogP contribution in [-0.4, -0.2) is 35.8 Å². The number of rotatable bonds is 5. The Morgan fingerprint density at radius 2 is 1.96 bits per heavy atom. The predicted octanol–water partition coefficient (Wildman–Crippen LogP) is 3.17. The highest BCUT2D eigenvalue weighted by Gasteiger charge is 2.22. The van der Waals surface area contributed by atoms with E-state index in [0.29, 0.717) is 6.42 Å². The lowest BCUT2D eigenvalue weighted by Crippen LogP contribution is -2.41. The van der Waals surface area contributed by atoms with Gasteiger partial charge in [-0.25, -0.2) is 4.79 Å². The highest BCUT2D eigenvalue weighted by Crippen LogP contribution is 2.20. The molecule has 6 heteroatoms. The largest absolute Gasteiger partial charge is 0.469 e. The van der Waals surface area contributed by atoms with Crippen LogP contribution in [0.5, 0.6) is 0 Å². The average Bonchev–Trinajstić information content (AvgIpc) is 2.88. The number of carbonyl (C=O) groups excluding carboxylic acids is 2. The summed E-state index contributed by atoms with van der Waals surface area (Å²) in [6.45, 7) is 5.38. The van der Waals surface area contributed by atoms with Crippen LogP contribution in [0, 0.1) is 0 Å². The normalized spacial score (nSPS) is 12.7. The fraction of sp³-hybridized carbons (Fsp3) is 0.444. The SMILES string of the molecule is COC(=O)CC(Cc1c[nH]c2ccccc12)NC(=O)OC(C)(C)C. The van der Waals surface area contributed by atoms with Gasteiger partial charge in [-0.2, -0.15) is 0 Å². The summed E-state index contributed by atoms with van der Waals surface area (Å²) in [5.74, 6) is -0.379. The van der Waals surface area contributed by atoms with Gasteiger partial charge in [0.15, 0.2) is 0 Å². The van der Waals surface area contributed by atoms with Crippen molar-refractivity contribution in [1.82, 2.24) is 10.3 Å². The second-order valence-electron chi connectivity index (χ2n) is 6.69. The van der Waals surface area contributed by atoms with E-state index >= 15 is 0 Å². The van der Waals surface area contributed by atoms with Crippen molar-refractivity contribution in [1.29, 1.82) is 0 Å². The van der Waals surface area contributed by atoms with Crippen LogP contribution in [0.15, 0.2) is 30.5 Å². The van der Waals surface area contributed by atoms with E-state index in [0.717, 1.165) is 16.5 Å². The third kappa shape index (κ3) is 5.01. The summed E-state index contributed by atoms with van der Waals surface area (Å²) >= 11 is 0. The molecule has 2 N–H and O–H groups in total. The van der Waals surface area contributed by atoms with Crippen molar-refractivity contribution in [2.24, 2.45) is 0 Å². The van der Waals surface area contributed by atoms with Crippen LogP contribution in [-0.2, 0) is 20.7 Å². The van der Waals surface area contributed by atoms with Gasteiger partial charge in [0.05, 0.1) is 13.5 Å². The van der Waals surface area contributed by atoms with Gasteiger partial charge in [-0.15, -0.1) is 0 Å². The standard InChI is InChI=1S/C18H24N2O4/c1-18(2,3)24-17(22)20-13(10-16(21)23-4)9-12-11-19-15-8-6-5-7-14(12)15/h5-8,11,13,19H,9-10H2,1-4H3,(H,20,22). The smallest absolute Gasteiger partial charge is 0.407 e. The molecule has 1 heterocycles. The molecule has 0 bridgehead atoms. The zero-order valence-electron chi connectivity index (χ0n) is 14.5. The Kier molecular flexibility index (Phi) is 5.49. The molecule has 0 saturated heterocycles. The number of carbonyl (C=O) groups is 2. The van der Waals surface area contributed by atoms with Crippen molar-refractivity contribution in [2.75, 3.05) is 7.11 Å². The molecule has 1 atom stereocenters. The third-order valence-corrected chi connectivity index (χ3v) is 3.50. The average molecular weight is 332 g/mol. The van der Waals surface area contributed by atoms with Crippen LogP contribution in [0.2, 0.25) is 0 Å². The number of hydrogen-bond donors (Lipinski definition) is 2. The minimum absolute atomic E-state index is 0.0786. The summed E-state index contributed by atoms with van der Waals surface area (Å²) < 4.78 is 10.0. The minimum Gasteiger partial charge on any atom is -0.469 e. The predicted molar refractivity (Wildman–Crippen MR) is 91.8 cm³/mol. The molecule has 1 amide bonds. The fourth-order valence-electron chi connectivity index (χ4n) is 2.50. The van der Waals surface area contributed by atoms with E-state index in [1.54, 1.807) is 20.8 Å². The van der Waals surface area contributed by atoms with Crippen molar-refractivity contribution in [3.8, 4) is 0 Å². The van der Waals surface area contributed by atoms with Crippen LogP contribution in [0.3, 0.4) is 0 Å². The summed E-state index contributed by atoms with van der Waals surface area (Å²) in [5, 5.41) is 3.83. The number of H-pyrrole nitrogens is 1. The number of esters is 1. The molecule has 6 nitrogen and oxygen atoms in total. The molecule has 1 aromatic carbocycles. The number of fused-ring (bicyclic) bond motifs is 1. The van der Waals surface area contributed by atoms with Gasteiger partial charge >= 0.3 is 12.1 Å². The number of benzene rings is 1. The first-order valence-corrected chi connectivity index (χ1v) is 7.90. The molecule has 0 aliphatic carbocycles. The zero-order valence-corrected chi connectivity index (χ0v) is 14.5. The Balaban J connectivity index is 2.13. The molecule has 24 heavy (non-hydrogen) atoms. The molecule has 1 unspecified atom stereocenters. The number of para-hydroxylation sites is 1. The molecule has 0 radical (unpaired) electrons.